The van der Waals surface area contributed by atoms with Crippen molar-refractivity contribution in [1.82, 2.24) is 5.32 Å². The quantitative estimate of drug-likeness (QED) is 0.778. The zero-order chi connectivity index (χ0) is 11.3. The second-order valence-corrected chi connectivity index (χ2v) is 4.61. The first-order valence-corrected chi connectivity index (χ1v) is 5.92. The van der Waals surface area contributed by atoms with Crippen molar-refractivity contribution in [3.8, 4) is 0 Å². The Balaban J connectivity index is 2.37. The summed E-state index contributed by atoms with van der Waals surface area (Å²) in [6.07, 6.45) is 3.89. The minimum absolute atomic E-state index is 0.475. The monoisotopic (exact) mass is 209 g/mol. The normalized spacial score (nSPS) is 15.5. The van der Waals surface area contributed by atoms with Crippen LogP contribution in [-0.2, 0) is 6.42 Å². The van der Waals surface area contributed by atoms with Gasteiger partial charge in [0.05, 0.1) is 6.26 Å². The molecule has 0 aliphatic heterocycles. The first-order valence-electron chi connectivity index (χ1n) is 5.92. The number of rotatable bonds is 6. The summed E-state index contributed by atoms with van der Waals surface area (Å²) in [7, 11) is 0. The van der Waals surface area contributed by atoms with Crippen LogP contribution in [0.3, 0.4) is 0 Å². The van der Waals surface area contributed by atoms with Crippen LogP contribution in [0, 0.1) is 5.92 Å². The Hall–Kier alpha value is -0.760. The zero-order valence-corrected chi connectivity index (χ0v) is 10.3. The molecular formula is C13H23NO. The van der Waals surface area contributed by atoms with Gasteiger partial charge in [-0.3, -0.25) is 0 Å². The Morgan fingerprint density at radius 2 is 2.07 bits per heavy atom. The molecule has 0 aliphatic rings. The van der Waals surface area contributed by atoms with Crippen molar-refractivity contribution in [3.63, 3.8) is 0 Å². The van der Waals surface area contributed by atoms with E-state index in [-0.39, 0.29) is 0 Å². The molecule has 2 atom stereocenters. The highest BCUT2D eigenvalue weighted by molar-refractivity contribution is 5.00. The van der Waals surface area contributed by atoms with Crippen molar-refractivity contribution in [2.24, 2.45) is 5.92 Å². The van der Waals surface area contributed by atoms with Gasteiger partial charge in [0.15, 0.2) is 0 Å². The third-order valence-electron chi connectivity index (χ3n) is 2.83. The van der Waals surface area contributed by atoms with E-state index in [0.717, 1.165) is 12.2 Å². The Morgan fingerprint density at radius 3 is 2.53 bits per heavy atom. The van der Waals surface area contributed by atoms with Crippen LogP contribution in [0.2, 0.25) is 0 Å². The van der Waals surface area contributed by atoms with Gasteiger partial charge in [-0.1, -0.05) is 20.8 Å². The fourth-order valence-electron chi connectivity index (χ4n) is 1.94. The van der Waals surface area contributed by atoms with Crippen molar-refractivity contribution in [2.45, 2.75) is 52.6 Å². The van der Waals surface area contributed by atoms with Gasteiger partial charge < -0.3 is 9.73 Å². The van der Waals surface area contributed by atoms with E-state index in [4.69, 9.17) is 4.42 Å². The molecule has 0 aliphatic carbocycles. The molecule has 1 aromatic heterocycles. The van der Waals surface area contributed by atoms with Crippen molar-refractivity contribution in [2.75, 3.05) is 0 Å². The second kappa shape index (κ2) is 5.96. The van der Waals surface area contributed by atoms with Crippen molar-refractivity contribution < 1.29 is 4.42 Å². The van der Waals surface area contributed by atoms with E-state index in [1.165, 1.54) is 6.42 Å². The molecular weight excluding hydrogens is 186 g/mol. The minimum Gasteiger partial charge on any atom is -0.469 e. The first-order chi connectivity index (χ1) is 7.13. The van der Waals surface area contributed by atoms with Gasteiger partial charge in [-0.05, 0) is 31.4 Å². The Morgan fingerprint density at radius 1 is 1.33 bits per heavy atom. The van der Waals surface area contributed by atoms with E-state index < -0.39 is 0 Å². The lowest BCUT2D eigenvalue weighted by Crippen LogP contribution is -2.40. The minimum atomic E-state index is 0.475. The summed E-state index contributed by atoms with van der Waals surface area (Å²) >= 11 is 0. The van der Waals surface area contributed by atoms with Crippen molar-refractivity contribution >= 4 is 0 Å². The molecule has 0 spiro atoms. The highest BCUT2D eigenvalue weighted by Crippen LogP contribution is 2.09. The van der Waals surface area contributed by atoms with E-state index in [0.29, 0.717) is 18.0 Å². The smallest absolute Gasteiger partial charge is 0.105 e. The third kappa shape index (κ3) is 4.08. The van der Waals surface area contributed by atoms with Gasteiger partial charge in [-0.15, -0.1) is 0 Å². The summed E-state index contributed by atoms with van der Waals surface area (Å²) in [5.41, 5.74) is 0. The summed E-state index contributed by atoms with van der Waals surface area (Å²) in [6.45, 7) is 8.98. The first kappa shape index (κ1) is 12.3. The molecule has 0 aromatic carbocycles. The van der Waals surface area contributed by atoms with Crippen LogP contribution in [0.1, 0.15) is 39.9 Å². The summed E-state index contributed by atoms with van der Waals surface area (Å²) in [6, 6.07) is 5.06. The maximum absolute atomic E-state index is 5.34. The lowest BCUT2D eigenvalue weighted by Gasteiger charge is -2.24. The highest BCUT2D eigenvalue weighted by atomic mass is 16.3. The number of nitrogens with one attached hydrogen (secondary N) is 1. The highest BCUT2D eigenvalue weighted by Gasteiger charge is 2.14. The van der Waals surface area contributed by atoms with E-state index in [1.807, 2.05) is 12.1 Å². The molecule has 0 bridgehead atoms. The second-order valence-electron chi connectivity index (χ2n) is 4.61. The van der Waals surface area contributed by atoms with E-state index in [9.17, 15) is 0 Å². The molecule has 0 saturated carbocycles. The van der Waals surface area contributed by atoms with Crippen LogP contribution < -0.4 is 5.32 Å². The maximum Gasteiger partial charge on any atom is 0.105 e. The molecule has 0 fully saturated rings. The average molecular weight is 209 g/mol. The van der Waals surface area contributed by atoms with Gasteiger partial charge in [0.25, 0.3) is 0 Å². The molecule has 2 unspecified atom stereocenters. The molecule has 2 nitrogen and oxygen atoms in total. The number of furan rings is 1. The van der Waals surface area contributed by atoms with Gasteiger partial charge in [0.2, 0.25) is 0 Å². The molecule has 0 radical (unpaired) electrons. The average Bonchev–Trinajstić information content (AvgIpc) is 2.66. The van der Waals surface area contributed by atoms with Crippen LogP contribution in [0.4, 0.5) is 0 Å². The maximum atomic E-state index is 5.34. The Labute approximate surface area is 93.1 Å². The Bertz CT molecular complexity index is 254. The fourth-order valence-corrected chi connectivity index (χ4v) is 1.94. The topological polar surface area (TPSA) is 25.2 Å². The lowest BCUT2D eigenvalue weighted by molar-refractivity contribution is 0.341. The van der Waals surface area contributed by atoms with Crippen LogP contribution in [0.15, 0.2) is 22.8 Å². The van der Waals surface area contributed by atoms with Crippen molar-refractivity contribution in [1.29, 1.82) is 0 Å². The molecule has 86 valence electrons. The van der Waals surface area contributed by atoms with Gasteiger partial charge in [-0.2, -0.15) is 0 Å². The van der Waals surface area contributed by atoms with Gasteiger partial charge in [-0.25, -0.2) is 0 Å². The zero-order valence-electron chi connectivity index (χ0n) is 10.3. The molecule has 1 heterocycles. The Kier molecular flexibility index (Phi) is 4.89. The van der Waals surface area contributed by atoms with Crippen LogP contribution >= 0.6 is 0 Å². The van der Waals surface area contributed by atoms with Crippen LogP contribution in [0.5, 0.6) is 0 Å². The molecule has 1 N–H and O–H groups in total. The van der Waals surface area contributed by atoms with E-state index >= 15 is 0 Å². The van der Waals surface area contributed by atoms with E-state index in [2.05, 4.69) is 33.0 Å². The fraction of sp³-hybridized carbons (Fsp3) is 0.692. The summed E-state index contributed by atoms with van der Waals surface area (Å²) in [5.74, 6) is 1.75. The largest absolute Gasteiger partial charge is 0.469 e. The summed E-state index contributed by atoms with van der Waals surface area (Å²) in [5, 5.41) is 3.64. The summed E-state index contributed by atoms with van der Waals surface area (Å²) in [4.78, 5) is 0. The number of hydrogen-bond acceptors (Lipinski definition) is 2. The SMILES string of the molecule is CCC(NC(C)Cc1ccco1)C(C)C. The molecule has 2 heteroatoms. The predicted octanol–water partition coefficient (Wildman–Crippen LogP) is 3.23. The standard InChI is InChI=1S/C13H23NO/c1-5-13(10(2)3)14-11(4)9-12-7-6-8-15-12/h6-8,10-11,13-14H,5,9H2,1-4H3. The molecule has 0 amide bonds. The van der Waals surface area contributed by atoms with Crippen LogP contribution in [-0.4, -0.2) is 12.1 Å². The van der Waals surface area contributed by atoms with Gasteiger partial charge in [0, 0.05) is 18.5 Å². The summed E-state index contributed by atoms with van der Waals surface area (Å²) < 4.78 is 5.34. The van der Waals surface area contributed by atoms with E-state index in [1.54, 1.807) is 6.26 Å². The number of hydrogen-bond donors (Lipinski definition) is 1. The van der Waals surface area contributed by atoms with Crippen molar-refractivity contribution in [3.05, 3.63) is 24.2 Å². The van der Waals surface area contributed by atoms with Crippen LogP contribution in [0.25, 0.3) is 0 Å². The molecule has 1 rings (SSSR count). The predicted molar refractivity (Wildman–Crippen MR) is 63.9 cm³/mol. The van der Waals surface area contributed by atoms with Gasteiger partial charge >= 0.3 is 0 Å². The molecule has 0 saturated heterocycles. The van der Waals surface area contributed by atoms with Gasteiger partial charge in [0.1, 0.15) is 5.76 Å². The lowest BCUT2D eigenvalue weighted by atomic mass is 10.0. The molecule has 1 aromatic rings. The molecule has 15 heavy (non-hydrogen) atoms. The third-order valence-corrected chi connectivity index (χ3v) is 2.83.